The monoisotopic (exact) mass is 412 g/mol. The Morgan fingerprint density at radius 3 is 2.37 bits per heavy atom. The van der Waals surface area contributed by atoms with E-state index in [-0.39, 0.29) is 17.7 Å². The summed E-state index contributed by atoms with van der Waals surface area (Å²) in [6, 6.07) is 9.59. The van der Waals surface area contributed by atoms with E-state index in [1.165, 1.54) is 44.9 Å². The highest BCUT2D eigenvalue weighted by atomic mass is 16.5. The molecule has 1 unspecified atom stereocenters. The lowest BCUT2D eigenvalue weighted by molar-refractivity contribution is -0.143. The van der Waals surface area contributed by atoms with E-state index in [1.807, 2.05) is 35.2 Å². The van der Waals surface area contributed by atoms with Crippen LogP contribution in [0.3, 0.4) is 0 Å². The Morgan fingerprint density at radius 1 is 0.900 bits per heavy atom. The molecule has 1 aromatic carbocycles. The maximum atomic E-state index is 13.2. The first-order valence-electron chi connectivity index (χ1n) is 11.9. The van der Waals surface area contributed by atoms with Crippen LogP contribution < -0.4 is 4.74 Å². The maximum absolute atomic E-state index is 13.2. The van der Waals surface area contributed by atoms with Crippen molar-refractivity contribution in [2.24, 2.45) is 11.3 Å². The van der Waals surface area contributed by atoms with Gasteiger partial charge in [0.2, 0.25) is 11.8 Å². The molecule has 4 rings (SSSR count). The molecular weight excluding hydrogens is 376 g/mol. The molecule has 2 amide bonds. The zero-order valence-corrected chi connectivity index (χ0v) is 18.2. The molecule has 0 aromatic heterocycles. The average molecular weight is 413 g/mol. The SMILES string of the molecule is O=C(CCOc1ccccc1)N1CCCC(C(=O)N2CCC3(CCCCC3)CC2)C1. The van der Waals surface area contributed by atoms with Crippen LogP contribution in [0.1, 0.15) is 64.2 Å². The fraction of sp³-hybridized carbons (Fsp3) is 0.680. The van der Waals surface area contributed by atoms with Crippen molar-refractivity contribution in [2.45, 2.75) is 64.2 Å². The molecule has 1 aliphatic carbocycles. The Kier molecular flexibility index (Phi) is 6.96. The average Bonchev–Trinajstić information content (AvgIpc) is 2.80. The molecule has 164 valence electrons. The lowest BCUT2D eigenvalue weighted by Crippen LogP contribution is -2.50. The second kappa shape index (κ2) is 9.84. The molecule has 1 spiro atoms. The minimum absolute atomic E-state index is 0.0295. The van der Waals surface area contributed by atoms with Gasteiger partial charge in [0, 0.05) is 26.2 Å². The van der Waals surface area contributed by atoms with Crippen molar-refractivity contribution in [1.82, 2.24) is 9.80 Å². The molecule has 5 nitrogen and oxygen atoms in total. The van der Waals surface area contributed by atoms with Gasteiger partial charge in [0.1, 0.15) is 5.75 Å². The van der Waals surface area contributed by atoms with Crippen molar-refractivity contribution in [3.8, 4) is 5.75 Å². The summed E-state index contributed by atoms with van der Waals surface area (Å²) in [5, 5.41) is 0. The van der Waals surface area contributed by atoms with Crippen molar-refractivity contribution in [3.63, 3.8) is 0 Å². The summed E-state index contributed by atoms with van der Waals surface area (Å²) in [4.78, 5) is 29.8. The van der Waals surface area contributed by atoms with Gasteiger partial charge >= 0.3 is 0 Å². The number of amides is 2. The molecule has 2 saturated heterocycles. The molecule has 0 bridgehead atoms. The zero-order chi connectivity index (χ0) is 20.8. The Morgan fingerprint density at radius 2 is 1.63 bits per heavy atom. The molecule has 0 radical (unpaired) electrons. The van der Waals surface area contributed by atoms with E-state index in [1.54, 1.807) is 0 Å². The van der Waals surface area contributed by atoms with Gasteiger partial charge in [-0.05, 0) is 56.1 Å². The molecule has 1 saturated carbocycles. The molecule has 1 aromatic rings. The number of nitrogens with zero attached hydrogens (tertiary/aromatic N) is 2. The topological polar surface area (TPSA) is 49.9 Å². The third kappa shape index (κ3) is 5.16. The zero-order valence-electron chi connectivity index (χ0n) is 18.2. The predicted octanol–water partition coefficient (Wildman–Crippen LogP) is 4.27. The largest absolute Gasteiger partial charge is 0.493 e. The quantitative estimate of drug-likeness (QED) is 0.726. The van der Waals surface area contributed by atoms with Crippen LogP contribution >= 0.6 is 0 Å². The van der Waals surface area contributed by atoms with Crippen molar-refractivity contribution < 1.29 is 14.3 Å². The van der Waals surface area contributed by atoms with Gasteiger partial charge in [-0.15, -0.1) is 0 Å². The number of rotatable bonds is 5. The first kappa shape index (κ1) is 21.2. The van der Waals surface area contributed by atoms with Gasteiger partial charge in [0.05, 0.1) is 18.9 Å². The summed E-state index contributed by atoms with van der Waals surface area (Å²) in [5.74, 6) is 1.14. The van der Waals surface area contributed by atoms with E-state index in [2.05, 4.69) is 4.90 Å². The van der Waals surface area contributed by atoms with Crippen molar-refractivity contribution in [2.75, 3.05) is 32.8 Å². The van der Waals surface area contributed by atoms with E-state index in [9.17, 15) is 9.59 Å². The molecule has 0 N–H and O–H groups in total. The molecule has 1 atom stereocenters. The fourth-order valence-electron chi connectivity index (χ4n) is 5.60. The lowest BCUT2D eigenvalue weighted by Gasteiger charge is -2.45. The number of para-hydroxylation sites is 1. The molecule has 2 heterocycles. The smallest absolute Gasteiger partial charge is 0.227 e. The number of carbonyl (C=O) groups excluding carboxylic acids is 2. The molecule has 2 aliphatic heterocycles. The summed E-state index contributed by atoms with van der Waals surface area (Å²) >= 11 is 0. The molecular formula is C25H36N2O3. The highest BCUT2D eigenvalue weighted by molar-refractivity contribution is 5.81. The number of benzene rings is 1. The van der Waals surface area contributed by atoms with Gasteiger partial charge in [-0.3, -0.25) is 9.59 Å². The Hall–Kier alpha value is -2.04. The van der Waals surface area contributed by atoms with Crippen LogP contribution in [0.25, 0.3) is 0 Å². The van der Waals surface area contributed by atoms with Gasteiger partial charge in [0.15, 0.2) is 0 Å². The number of piperidine rings is 2. The Balaban J connectivity index is 1.23. The molecule has 3 fully saturated rings. The summed E-state index contributed by atoms with van der Waals surface area (Å²) < 4.78 is 5.67. The number of carbonyl (C=O) groups is 2. The van der Waals surface area contributed by atoms with Crippen molar-refractivity contribution in [3.05, 3.63) is 30.3 Å². The van der Waals surface area contributed by atoms with Crippen LogP contribution in [0.2, 0.25) is 0 Å². The molecule has 30 heavy (non-hydrogen) atoms. The number of ether oxygens (including phenoxy) is 1. The van der Waals surface area contributed by atoms with Gasteiger partial charge in [0.25, 0.3) is 0 Å². The van der Waals surface area contributed by atoms with Crippen LogP contribution in [0, 0.1) is 11.3 Å². The highest BCUT2D eigenvalue weighted by Crippen LogP contribution is 2.44. The Labute approximate surface area is 180 Å². The Bertz CT molecular complexity index is 704. The third-order valence-corrected chi connectivity index (χ3v) is 7.50. The van der Waals surface area contributed by atoms with E-state index in [0.717, 1.165) is 38.2 Å². The van der Waals surface area contributed by atoms with Crippen LogP contribution in [0.4, 0.5) is 0 Å². The minimum Gasteiger partial charge on any atom is -0.493 e. The van der Waals surface area contributed by atoms with E-state index in [0.29, 0.717) is 25.0 Å². The first-order valence-corrected chi connectivity index (χ1v) is 11.9. The normalized spacial score (nSPS) is 23.9. The van der Waals surface area contributed by atoms with Gasteiger partial charge < -0.3 is 14.5 Å². The van der Waals surface area contributed by atoms with E-state index < -0.39 is 0 Å². The van der Waals surface area contributed by atoms with Crippen molar-refractivity contribution >= 4 is 11.8 Å². The third-order valence-electron chi connectivity index (χ3n) is 7.50. The second-order valence-corrected chi connectivity index (χ2v) is 9.48. The second-order valence-electron chi connectivity index (χ2n) is 9.48. The van der Waals surface area contributed by atoms with Crippen LogP contribution in [0.15, 0.2) is 30.3 Å². The molecule has 5 heteroatoms. The van der Waals surface area contributed by atoms with Gasteiger partial charge in [-0.1, -0.05) is 37.5 Å². The number of likely N-dealkylation sites (tertiary alicyclic amines) is 2. The number of hydrogen-bond donors (Lipinski definition) is 0. The lowest BCUT2D eigenvalue weighted by atomic mass is 9.68. The van der Waals surface area contributed by atoms with Crippen LogP contribution in [-0.4, -0.2) is 54.4 Å². The van der Waals surface area contributed by atoms with Crippen LogP contribution in [0.5, 0.6) is 5.75 Å². The maximum Gasteiger partial charge on any atom is 0.227 e. The summed E-state index contributed by atoms with van der Waals surface area (Å²) in [6.45, 7) is 3.54. The minimum atomic E-state index is -0.0295. The predicted molar refractivity (Wildman–Crippen MR) is 117 cm³/mol. The van der Waals surface area contributed by atoms with Gasteiger partial charge in [-0.25, -0.2) is 0 Å². The fourth-order valence-corrected chi connectivity index (χ4v) is 5.60. The summed E-state index contributed by atoms with van der Waals surface area (Å²) in [6.07, 6.45) is 11.3. The molecule has 3 aliphatic rings. The summed E-state index contributed by atoms with van der Waals surface area (Å²) in [5.41, 5.74) is 0.516. The highest BCUT2D eigenvalue weighted by Gasteiger charge is 2.38. The first-order chi connectivity index (χ1) is 14.7. The van der Waals surface area contributed by atoms with Gasteiger partial charge in [-0.2, -0.15) is 0 Å². The van der Waals surface area contributed by atoms with Crippen molar-refractivity contribution in [1.29, 1.82) is 0 Å². The standard InChI is InChI=1S/C25H36N2O3/c28-23(11-19-30-22-9-3-1-4-10-22)27-16-7-8-21(20-27)24(29)26-17-14-25(15-18-26)12-5-2-6-13-25/h1,3-4,9-10,21H,2,5-8,11-20H2. The number of hydrogen-bond acceptors (Lipinski definition) is 3. The van der Waals surface area contributed by atoms with E-state index in [4.69, 9.17) is 4.74 Å². The van der Waals surface area contributed by atoms with Crippen LogP contribution in [-0.2, 0) is 9.59 Å². The summed E-state index contributed by atoms with van der Waals surface area (Å²) in [7, 11) is 0. The van der Waals surface area contributed by atoms with E-state index >= 15 is 0 Å².